The molecule has 0 aromatic rings. The highest BCUT2D eigenvalue weighted by molar-refractivity contribution is 7.86. The highest BCUT2D eigenvalue weighted by atomic mass is 32.2. The van der Waals surface area contributed by atoms with Crippen LogP contribution in [-0.2, 0) is 15.0 Å². The van der Waals surface area contributed by atoms with Crippen LogP contribution >= 0.6 is 0 Å². The smallest absolute Gasteiger partial charge is 0.277 e. The van der Waals surface area contributed by atoms with Crippen LogP contribution in [0.25, 0.3) is 0 Å². The number of amides is 1. The Labute approximate surface area is 89.2 Å². The van der Waals surface area contributed by atoms with Gasteiger partial charge in [0.25, 0.3) is 10.2 Å². The summed E-state index contributed by atoms with van der Waals surface area (Å²) in [6, 6.07) is 0. The summed E-state index contributed by atoms with van der Waals surface area (Å²) in [5.74, 6) is -0.0356. The van der Waals surface area contributed by atoms with Crippen molar-refractivity contribution in [3.8, 4) is 0 Å². The fourth-order valence-corrected chi connectivity index (χ4v) is 2.15. The lowest BCUT2D eigenvalue weighted by atomic mass is 10.3. The molecule has 1 heterocycles. The largest absolute Gasteiger partial charge is 0.340 e. The summed E-state index contributed by atoms with van der Waals surface area (Å²) in [5.41, 5.74) is 5.26. The van der Waals surface area contributed by atoms with E-state index in [0.717, 1.165) is 0 Å². The van der Waals surface area contributed by atoms with Crippen molar-refractivity contribution in [1.82, 2.24) is 9.21 Å². The zero-order valence-electron chi connectivity index (χ0n) is 8.42. The highest BCUT2D eigenvalue weighted by Crippen LogP contribution is 2.05. The Bertz CT molecular complexity index is 321. The lowest BCUT2D eigenvalue weighted by Gasteiger charge is -2.32. The minimum atomic E-state index is -3.62. The number of piperazine rings is 1. The Hall–Kier alpha value is -0.700. The third-order valence-electron chi connectivity index (χ3n) is 2.31. The Morgan fingerprint density at radius 3 is 2.13 bits per heavy atom. The topological polar surface area (TPSA) is 110 Å². The maximum absolute atomic E-state index is 11.4. The Balaban J connectivity index is 2.46. The monoisotopic (exact) mass is 236 g/mol. The van der Waals surface area contributed by atoms with Gasteiger partial charge in [-0.05, 0) is 0 Å². The Kier molecular flexibility index (Phi) is 4.03. The average molecular weight is 236 g/mol. The summed E-state index contributed by atoms with van der Waals surface area (Å²) in [7, 11) is -3.62. The number of hydrogen-bond donors (Lipinski definition) is 2. The first-order chi connectivity index (χ1) is 6.95. The van der Waals surface area contributed by atoms with Gasteiger partial charge in [-0.2, -0.15) is 12.7 Å². The number of nitrogens with zero attached hydrogens (tertiary/aromatic N) is 2. The van der Waals surface area contributed by atoms with Crippen molar-refractivity contribution in [2.24, 2.45) is 10.9 Å². The first-order valence-electron chi connectivity index (χ1n) is 4.71. The molecular formula is C7H16N4O3S. The average Bonchev–Trinajstić information content (AvgIpc) is 2.17. The molecular weight excluding hydrogens is 220 g/mol. The normalized spacial score (nSPS) is 19.2. The van der Waals surface area contributed by atoms with Gasteiger partial charge in [0.15, 0.2) is 0 Å². The van der Waals surface area contributed by atoms with E-state index in [1.54, 1.807) is 4.90 Å². The third kappa shape index (κ3) is 3.42. The molecule has 7 nitrogen and oxygen atoms in total. The van der Waals surface area contributed by atoms with Gasteiger partial charge in [-0.3, -0.25) is 4.79 Å². The first kappa shape index (κ1) is 12.4. The van der Waals surface area contributed by atoms with Crippen molar-refractivity contribution in [3.63, 3.8) is 0 Å². The molecule has 15 heavy (non-hydrogen) atoms. The van der Waals surface area contributed by atoms with Crippen molar-refractivity contribution in [2.75, 3.05) is 32.7 Å². The van der Waals surface area contributed by atoms with E-state index in [4.69, 9.17) is 10.9 Å². The number of carbonyl (C=O) groups excluding carboxylic acids is 1. The zero-order valence-corrected chi connectivity index (χ0v) is 9.24. The quantitative estimate of drug-likeness (QED) is 0.573. The van der Waals surface area contributed by atoms with Crippen LogP contribution in [0.1, 0.15) is 6.42 Å². The molecule has 1 aliphatic rings. The number of rotatable bonds is 3. The van der Waals surface area contributed by atoms with E-state index in [0.29, 0.717) is 26.1 Å². The molecule has 1 aliphatic heterocycles. The van der Waals surface area contributed by atoms with Crippen LogP contribution in [0, 0.1) is 0 Å². The molecule has 0 spiro atoms. The van der Waals surface area contributed by atoms with Crippen LogP contribution < -0.4 is 10.9 Å². The minimum Gasteiger partial charge on any atom is -0.340 e. The van der Waals surface area contributed by atoms with E-state index in [1.165, 1.54) is 4.31 Å². The van der Waals surface area contributed by atoms with Crippen LogP contribution in [-0.4, -0.2) is 56.3 Å². The van der Waals surface area contributed by atoms with Crippen LogP contribution in [0.5, 0.6) is 0 Å². The van der Waals surface area contributed by atoms with E-state index >= 15 is 0 Å². The number of hydrogen-bond acceptors (Lipinski definition) is 4. The molecule has 0 saturated carbocycles. The van der Waals surface area contributed by atoms with E-state index in [-0.39, 0.29) is 19.0 Å². The number of nitrogens with two attached hydrogens (primary N) is 2. The van der Waals surface area contributed by atoms with E-state index < -0.39 is 10.2 Å². The zero-order chi connectivity index (χ0) is 11.5. The molecule has 8 heteroatoms. The van der Waals surface area contributed by atoms with Crippen molar-refractivity contribution in [3.05, 3.63) is 0 Å². The maximum Gasteiger partial charge on any atom is 0.277 e. The molecule has 1 amide bonds. The standard InChI is InChI=1S/C7H16N4O3S/c8-2-1-7(12)10-3-5-11(6-4-10)15(9,13)14/h1-6,8H2,(H2,9,13,14). The summed E-state index contributed by atoms with van der Waals surface area (Å²) in [6.07, 6.45) is 0.301. The van der Waals surface area contributed by atoms with Gasteiger partial charge in [0.05, 0.1) is 0 Å². The van der Waals surface area contributed by atoms with Crippen molar-refractivity contribution in [1.29, 1.82) is 0 Å². The van der Waals surface area contributed by atoms with Crippen molar-refractivity contribution < 1.29 is 13.2 Å². The van der Waals surface area contributed by atoms with Crippen LogP contribution in [0.3, 0.4) is 0 Å². The van der Waals surface area contributed by atoms with E-state index in [9.17, 15) is 13.2 Å². The third-order valence-corrected chi connectivity index (χ3v) is 3.39. The summed E-state index contributed by atoms with van der Waals surface area (Å²) in [6.45, 7) is 1.60. The predicted octanol–water partition coefficient (Wildman–Crippen LogP) is -2.32. The lowest BCUT2D eigenvalue weighted by molar-refractivity contribution is -0.132. The molecule has 0 aliphatic carbocycles. The Morgan fingerprint density at radius 1 is 1.20 bits per heavy atom. The molecule has 1 rings (SSSR count). The SMILES string of the molecule is NCCC(=O)N1CCN(S(N)(=O)=O)CC1. The van der Waals surface area contributed by atoms with Gasteiger partial charge in [0.1, 0.15) is 0 Å². The summed E-state index contributed by atoms with van der Waals surface area (Å²) in [4.78, 5) is 13.0. The summed E-state index contributed by atoms with van der Waals surface area (Å²) < 4.78 is 23.1. The van der Waals surface area contributed by atoms with E-state index in [2.05, 4.69) is 0 Å². The minimum absolute atomic E-state index is 0.0356. The molecule has 0 atom stereocenters. The van der Waals surface area contributed by atoms with E-state index in [1.807, 2.05) is 0 Å². The van der Waals surface area contributed by atoms with Gasteiger partial charge in [0.2, 0.25) is 5.91 Å². The molecule has 0 aromatic carbocycles. The predicted molar refractivity (Wildman–Crippen MR) is 54.9 cm³/mol. The molecule has 0 bridgehead atoms. The fraction of sp³-hybridized carbons (Fsp3) is 0.857. The highest BCUT2D eigenvalue weighted by Gasteiger charge is 2.25. The van der Waals surface area contributed by atoms with Crippen LogP contribution in [0.2, 0.25) is 0 Å². The summed E-state index contributed by atoms with van der Waals surface area (Å²) >= 11 is 0. The first-order valence-corrected chi connectivity index (χ1v) is 6.21. The van der Waals surface area contributed by atoms with Gasteiger partial charge in [-0.25, -0.2) is 5.14 Å². The molecule has 1 fully saturated rings. The molecule has 0 radical (unpaired) electrons. The molecule has 4 N–H and O–H groups in total. The summed E-state index contributed by atoms with van der Waals surface area (Å²) in [5, 5.41) is 4.97. The van der Waals surface area contributed by atoms with Crippen molar-refractivity contribution in [2.45, 2.75) is 6.42 Å². The Morgan fingerprint density at radius 2 is 1.73 bits per heavy atom. The molecule has 0 unspecified atom stereocenters. The second-order valence-corrected chi connectivity index (χ2v) is 4.91. The second kappa shape index (κ2) is 4.88. The van der Waals surface area contributed by atoms with Crippen LogP contribution in [0.4, 0.5) is 0 Å². The lowest BCUT2D eigenvalue weighted by Crippen LogP contribution is -2.52. The van der Waals surface area contributed by atoms with Crippen LogP contribution in [0.15, 0.2) is 0 Å². The van der Waals surface area contributed by atoms with Gasteiger partial charge in [-0.15, -0.1) is 0 Å². The molecule has 0 aromatic heterocycles. The van der Waals surface area contributed by atoms with Gasteiger partial charge < -0.3 is 10.6 Å². The number of carbonyl (C=O) groups is 1. The second-order valence-electron chi connectivity index (χ2n) is 3.36. The van der Waals surface area contributed by atoms with Gasteiger partial charge in [-0.1, -0.05) is 0 Å². The van der Waals surface area contributed by atoms with Crippen molar-refractivity contribution >= 4 is 16.1 Å². The molecule has 88 valence electrons. The van der Waals surface area contributed by atoms with Gasteiger partial charge in [0, 0.05) is 39.1 Å². The van der Waals surface area contributed by atoms with Gasteiger partial charge >= 0.3 is 0 Å². The molecule has 1 saturated heterocycles. The maximum atomic E-state index is 11.4. The fourth-order valence-electron chi connectivity index (χ4n) is 1.47.